The van der Waals surface area contributed by atoms with Gasteiger partial charge in [0.2, 0.25) is 0 Å². The lowest BCUT2D eigenvalue weighted by atomic mass is 10.00. The molecule has 2 rings (SSSR count). The monoisotopic (exact) mass is 323 g/mol. The third kappa shape index (κ3) is 3.19. The Labute approximate surface area is 121 Å². The molecule has 0 radical (unpaired) electrons. The molecule has 1 unspecified atom stereocenters. The fourth-order valence-electron chi connectivity index (χ4n) is 2.22. The summed E-state index contributed by atoms with van der Waals surface area (Å²) in [5, 5.41) is 0. The molecular formula is C15H18BrNO2. The summed E-state index contributed by atoms with van der Waals surface area (Å²) >= 11 is 3.49. The van der Waals surface area contributed by atoms with E-state index in [9.17, 15) is 0 Å². The largest absolute Gasteiger partial charge is 0.496 e. The van der Waals surface area contributed by atoms with Crippen LogP contribution in [0.2, 0.25) is 0 Å². The molecule has 0 fully saturated rings. The van der Waals surface area contributed by atoms with Crippen LogP contribution in [0, 0.1) is 13.8 Å². The maximum absolute atomic E-state index is 6.26. The van der Waals surface area contributed by atoms with Gasteiger partial charge < -0.3 is 14.9 Å². The van der Waals surface area contributed by atoms with Crippen molar-refractivity contribution in [3.8, 4) is 5.75 Å². The number of hydrogen-bond acceptors (Lipinski definition) is 3. The summed E-state index contributed by atoms with van der Waals surface area (Å²) < 4.78 is 11.7. The second-order valence-electron chi connectivity index (χ2n) is 4.65. The van der Waals surface area contributed by atoms with E-state index in [1.807, 2.05) is 38.1 Å². The average molecular weight is 324 g/mol. The number of rotatable bonds is 4. The Morgan fingerprint density at radius 1 is 1.32 bits per heavy atom. The van der Waals surface area contributed by atoms with Crippen LogP contribution in [-0.2, 0) is 6.42 Å². The van der Waals surface area contributed by atoms with Gasteiger partial charge in [-0.2, -0.15) is 0 Å². The summed E-state index contributed by atoms with van der Waals surface area (Å²) in [6.45, 7) is 3.89. The Morgan fingerprint density at radius 2 is 2.05 bits per heavy atom. The molecule has 0 saturated heterocycles. The van der Waals surface area contributed by atoms with E-state index in [0.29, 0.717) is 0 Å². The molecule has 102 valence electrons. The van der Waals surface area contributed by atoms with Crippen molar-refractivity contribution in [2.45, 2.75) is 26.3 Å². The van der Waals surface area contributed by atoms with Gasteiger partial charge in [-0.1, -0.05) is 6.07 Å². The number of nitrogens with two attached hydrogens (primary N) is 1. The molecule has 2 N–H and O–H groups in total. The maximum Gasteiger partial charge on any atom is 0.133 e. The van der Waals surface area contributed by atoms with Gasteiger partial charge in [-0.25, -0.2) is 0 Å². The van der Waals surface area contributed by atoms with Gasteiger partial charge >= 0.3 is 0 Å². The highest BCUT2D eigenvalue weighted by Crippen LogP contribution is 2.28. The van der Waals surface area contributed by atoms with Crippen LogP contribution < -0.4 is 10.5 Å². The highest BCUT2D eigenvalue weighted by atomic mass is 79.9. The van der Waals surface area contributed by atoms with Crippen LogP contribution in [0.3, 0.4) is 0 Å². The summed E-state index contributed by atoms with van der Waals surface area (Å²) in [6.07, 6.45) is 0.766. The molecule has 0 aliphatic rings. The molecule has 0 amide bonds. The Balaban J connectivity index is 2.17. The summed E-state index contributed by atoms with van der Waals surface area (Å²) in [5.41, 5.74) is 8.49. The zero-order chi connectivity index (χ0) is 14.0. The first-order chi connectivity index (χ1) is 9.01. The second-order valence-corrected chi connectivity index (χ2v) is 5.50. The normalized spacial score (nSPS) is 12.5. The lowest BCUT2D eigenvalue weighted by Gasteiger charge is -2.12. The van der Waals surface area contributed by atoms with E-state index in [4.69, 9.17) is 14.9 Å². The van der Waals surface area contributed by atoms with Crippen molar-refractivity contribution in [2.75, 3.05) is 7.11 Å². The number of aryl methyl sites for hydroxylation is 2. The average Bonchev–Trinajstić information content (AvgIpc) is 2.69. The van der Waals surface area contributed by atoms with E-state index in [2.05, 4.69) is 15.9 Å². The van der Waals surface area contributed by atoms with Crippen molar-refractivity contribution < 1.29 is 9.15 Å². The Morgan fingerprint density at radius 3 is 2.58 bits per heavy atom. The molecule has 1 atom stereocenters. The topological polar surface area (TPSA) is 48.4 Å². The molecule has 4 heteroatoms. The minimum Gasteiger partial charge on any atom is -0.496 e. The van der Waals surface area contributed by atoms with Crippen LogP contribution in [0.15, 0.2) is 33.2 Å². The molecule has 1 aromatic heterocycles. The van der Waals surface area contributed by atoms with E-state index in [0.717, 1.165) is 33.7 Å². The highest BCUT2D eigenvalue weighted by Gasteiger charge is 2.14. The van der Waals surface area contributed by atoms with Crippen molar-refractivity contribution in [2.24, 2.45) is 5.73 Å². The van der Waals surface area contributed by atoms with E-state index < -0.39 is 0 Å². The van der Waals surface area contributed by atoms with Crippen LogP contribution in [0.1, 0.15) is 28.7 Å². The molecule has 0 bridgehead atoms. The standard InChI is InChI=1S/C15H18BrNO2/c1-9-6-12(10(2)19-9)14(17)8-11-4-5-15(18-3)13(16)7-11/h4-7,14H,8,17H2,1-3H3. The minimum atomic E-state index is -0.0576. The summed E-state index contributed by atoms with van der Waals surface area (Å²) in [6, 6.07) is 7.97. The predicted octanol–water partition coefficient (Wildman–Crippen LogP) is 3.91. The van der Waals surface area contributed by atoms with Gasteiger partial charge in [0.25, 0.3) is 0 Å². The Kier molecular flexibility index (Phi) is 4.32. The lowest BCUT2D eigenvalue weighted by molar-refractivity contribution is 0.412. The minimum absolute atomic E-state index is 0.0576. The summed E-state index contributed by atoms with van der Waals surface area (Å²) in [4.78, 5) is 0. The summed E-state index contributed by atoms with van der Waals surface area (Å²) in [7, 11) is 1.66. The molecule has 0 saturated carbocycles. The first kappa shape index (κ1) is 14.2. The molecule has 0 spiro atoms. The van der Waals surface area contributed by atoms with Crippen LogP contribution in [0.25, 0.3) is 0 Å². The fraction of sp³-hybridized carbons (Fsp3) is 0.333. The predicted molar refractivity (Wildman–Crippen MR) is 79.5 cm³/mol. The molecule has 0 aliphatic carbocycles. The quantitative estimate of drug-likeness (QED) is 0.927. The second kappa shape index (κ2) is 5.80. The molecule has 3 nitrogen and oxygen atoms in total. The number of hydrogen-bond donors (Lipinski definition) is 1. The van der Waals surface area contributed by atoms with E-state index in [-0.39, 0.29) is 6.04 Å². The number of furan rings is 1. The molecule has 2 aromatic rings. The fourth-order valence-corrected chi connectivity index (χ4v) is 2.81. The Bertz CT molecular complexity index is 578. The molecule has 0 aliphatic heterocycles. The first-order valence-corrected chi connectivity index (χ1v) is 6.95. The number of benzene rings is 1. The van der Waals surface area contributed by atoms with Crippen molar-refractivity contribution in [1.29, 1.82) is 0 Å². The third-order valence-corrected chi connectivity index (χ3v) is 3.77. The molecule has 1 aromatic carbocycles. The van der Waals surface area contributed by atoms with E-state index in [1.54, 1.807) is 7.11 Å². The maximum atomic E-state index is 6.26. The van der Waals surface area contributed by atoms with Crippen molar-refractivity contribution in [3.05, 3.63) is 51.4 Å². The smallest absolute Gasteiger partial charge is 0.133 e. The number of methoxy groups -OCH3 is 1. The van der Waals surface area contributed by atoms with Gasteiger partial charge in [-0.05, 0) is 60.0 Å². The zero-order valence-corrected chi connectivity index (χ0v) is 13.0. The van der Waals surface area contributed by atoms with Crippen LogP contribution in [0.4, 0.5) is 0 Å². The molecule has 19 heavy (non-hydrogen) atoms. The lowest BCUT2D eigenvalue weighted by Crippen LogP contribution is -2.13. The highest BCUT2D eigenvalue weighted by molar-refractivity contribution is 9.10. The Hall–Kier alpha value is -1.26. The number of ether oxygens (including phenoxy) is 1. The van der Waals surface area contributed by atoms with Crippen LogP contribution in [0.5, 0.6) is 5.75 Å². The van der Waals surface area contributed by atoms with E-state index >= 15 is 0 Å². The van der Waals surface area contributed by atoms with Gasteiger partial charge in [-0.3, -0.25) is 0 Å². The van der Waals surface area contributed by atoms with Crippen LogP contribution >= 0.6 is 15.9 Å². The van der Waals surface area contributed by atoms with E-state index in [1.165, 1.54) is 5.56 Å². The summed E-state index contributed by atoms with van der Waals surface area (Å²) in [5.74, 6) is 2.63. The SMILES string of the molecule is COc1ccc(CC(N)c2cc(C)oc2C)cc1Br. The van der Waals surface area contributed by atoms with Crippen molar-refractivity contribution >= 4 is 15.9 Å². The number of halogens is 1. The van der Waals surface area contributed by atoms with Gasteiger partial charge in [0.05, 0.1) is 11.6 Å². The van der Waals surface area contributed by atoms with Crippen LogP contribution in [-0.4, -0.2) is 7.11 Å². The van der Waals surface area contributed by atoms with Crippen molar-refractivity contribution in [1.82, 2.24) is 0 Å². The molecular weight excluding hydrogens is 306 g/mol. The zero-order valence-electron chi connectivity index (χ0n) is 11.4. The van der Waals surface area contributed by atoms with Gasteiger partial charge in [0.1, 0.15) is 17.3 Å². The third-order valence-electron chi connectivity index (χ3n) is 3.15. The van der Waals surface area contributed by atoms with Crippen molar-refractivity contribution in [3.63, 3.8) is 0 Å². The van der Waals surface area contributed by atoms with Gasteiger partial charge in [-0.15, -0.1) is 0 Å². The first-order valence-electron chi connectivity index (χ1n) is 6.16. The van der Waals surface area contributed by atoms with Gasteiger partial charge in [0.15, 0.2) is 0 Å². The molecule has 1 heterocycles. The van der Waals surface area contributed by atoms with Gasteiger partial charge in [0, 0.05) is 11.6 Å².